The van der Waals surface area contributed by atoms with E-state index in [2.05, 4.69) is 65.5 Å². The Hall–Kier alpha value is -8.58. The van der Waals surface area contributed by atoms with Crippen LogP contribution in [-0.4, -0.2) is 15.0 Å². The van der Waals surface area contributed by atoms with Gasteiger partial charge in [0.05, 0.1) is 69.1 Å². The first-order valence-corrected chi connectivity index (χ1v) is 15.1. The molecule has 0 saturated heterocycles. The van der Waals surface area contributed by atoms with Crippen molar-refractivity contribution in [3.05, 3.63) is 160 Å². The molecular weight excluding hydrogens is 699 g/mol. The predicted molar refractivity (Wildman–Crippen MR) is 176 cm³/mol. The van der Waals surface area contributed by atoms with Crippen LogP contribution in [0.5, 0.6) is 0 Å². The van der Waals surface area contributed by atoms with Crippen molar-refractivity contribution in [3.8, 4) is 18.2 Å². The molecule has 54 heavy (non-hydrogen) atoms. The molecule has 0 aliphatic carbocycles. The van der Waals surface area contributed by atoms with Crippen molar-refractivity contribution in [2.75, 3.05) is 0 Å². The van der Waals surface area contributed by atoms with Crippen LogP contribution in [0.1, 0.15) is 39.7 Å². The number of benzene rings is 3. The third-order valence-electron chi connectivity index (χ3n) is 8.03. The first-order valence-electron chi connectivity index (χ1n) is 15.1. The quantitative estimate of drug-likeness (QED) is 0.231. The van der Waals surface area contributed by atoms with Gasteiger partial charge in [-0.15, -0.1) is 0 Å². The molecule has 0 unspecified atom stereocenters. The SMILES string of the molecule is [C-]#[N+]/C(=C1\N=c2cc(C)c(C(F)(F)F)cc2=N1)c1nc(C(C#N)=C2N=c3cc([N+]#[C-])c([N+]#[C-])cc3=N2)nc(/C(C#N)=C2/N=c3cc(C)c(C#N)cc3=N2)n1. The van der Waals surface area contributed by atoms with Gasteiger partial charge in [-0.05, 0) is 61.4 Å². The molecule has 0 radical (unpaired) electrons. The van der Waals surface area contributed by atoms with Gasteiger partial charge in [0, 0.05) is 0 Å². The molecule has 4 aromatic rings. The highest BCUT2D eigenvalue weighted by atomic mass is 19.4. The minimum absolute atomic E-state index is 0.00977. The van der Waals surface area contributed by atoms with E-state index in [4.69, 9.17) is 19.7 Å². The Labute approximate surface area is 300 Å². The van der Waals surface area contributed by atoms with Gasteiger partial charge in [0.25, 0.3) is 5.70 Å². The molecule has 0 saturated carbocycles. The molecule has 15 nitrogen and oxygen atoms in total. The predicted octanol–water partition coefficient (Wildman–Crippen LogP) is 3.27. The summed E-state index contributed by atoms with van der Waals surface area (Å²) < 4.78 is 41.0. The fraction of sp³-hybridized carbons (Fsp3) is 0.0833. The lowest BCUT2D eigenvalue weighted by Gasteiger charge is -2.08. The lowest BCUT2D eigenvalue weighted by atomic mass is 10.1. The van der Waals surface area contributed by atoms with Crippen molar-refractivity contribution in [3.63, 3.8) is 0 Å². The largest absolute Gasteiger partial charge is 0.416 e. The average Bonchev–Trinajstić information content (AvgIpc) is 3.86. The van der Waals surface area contributed by atoms with Gasteiger partial charge < -0.3 is 0 Å². The zero-order valence-corrected chi connectivity index (χ0v) is 27.3. The number of hydrogen-bond acceptors (Lipinski definition) is 12. The summed E-state index contributed by atoms with van der Waals surface area (Å²) in [5, 5.41) is 31.1. The number of nitrogens with zero attached hydrogens (tertiary/aromatic N) is 15. The molecule has 0 spiro atoms. The monoisotopic (exact) mass is 711 g/mol. The van der Waals surface area contributed by atoms with Gasteiger partial charge in [-0.3, -0.25) is 9.69 Å². The van der Waals surface area contributed by atoms with Crippen LogP contribution in [0.4, 0.5) is 24.5 Å². The number of allylic oxidation sites excluding steroid dienone is 2. The van der Waals surface area contributed by atoms with Gasteiger partial charge in [-0.25, -0.2) is 49.8 Å². The minimum atomic E-state index is -4.68. The molecule has 3 aliphatic rings. The highest BCUT2D eigenvalue weighted by molar-refractivity contribution is 5.81. The number of alkyl halides is 3. The van der Waals surface area contributed by atoms with Crippen LogP contribution in [0, 0.1) is 67.6 Å². The van der Waals surface area contributed by atoms with Crippen molar-refractivity contribution in [2.45, 2.75) is 20.0 Å². The zero-order valence-electron chi connectivity index (χ0n) is 27.3. The van der Waals surface area contributed by atoms with Crippen LogP contribution in [0.3, 0.4) is 0 Å². The fourth-order valence-corrected chi connectivity index (χ4v) is 5.45. The number of aromatic nitrogens is 3. The molecular formula is C36H12F3N15. The van der Waals surface area contributed by atoms with Crippen LogP contribution in [0.25, 0.3) is 31.4 Å². The third kappa shape index (κ3) is 5.67. The molecule has 0 fully saturated rings. The first kappa shape index (κ1) is 33.9. The van der Waals surface area contributed by atoms with Crippen LogP contribution in [-0.2, 0) is 6.18 Å². The lowest BCUT2D eigenvalue weighted by molar-refractivity contribution is -0.138. The molecule has 0 atom stereocenters. The summed E-state index contributed by atoms with van der Waals surface area (Å²) in [5.74, 6) is -2.03. The lowest BCUT2D eigenvalue weighted by Crippen LogP contribution is -2.25. The van der Waals surface area contributed by atoms with Gasteiger partial charge in [0.2, 0.25) is 0 Å². The van der Waals surface area contributed by atoms with Gasteiger partial charge >= 0.3 is 6.18 Å². The number of halogens is 3. The molecule has 18 heteroatoms. The zero-order chi connectivity index (χ0) is 38.5. The van der Waals surface area contributed by atoms with Gasteiger partial charge in [-0.2, -0.15) is 29.0 Å². The number of fused-ring (bicyclic) bond motifs is 3. The topological polar surface area (TPSA) is 197 Å². The number of nitriles is 3. The summed E-state index contributed by atoms with van der Waals surface area (Å²) in [7, 11) is 0. The van der Waals surface area contributed by atoms with Crippen molar-refractivity contribution >= 4 is 28.2 Å². The maximum Gasteiger partial charge on any atom is 0.416 e. The summed E-state index contributed by atoms with van der Waals surface area (Å²) in [5.41, 5.74) is -1.26. The normalized spacial score (nSPS) is 14.8. The summed E-state index contributed by atoms with van der Waals surface area (Å²) in [6, 6.07) is 13.7. The summed E-state index contributed by atoms with van der Waals surface area (Å²) in [4.78, 5) is 49.1. The van der Waals surface area contributed by atoms with Crippen molar-refractivity contribution in [1.29, 1.82) is 15.8 Å². The van der Waals surface area contributed by atoms with Gasteiger partial charge in [0.1, 0.15) is 23.3 Å². The molecule has 1 aromatic heterocycles. The van der Waals surface area contributed by atoms with E-state index in [-0.39, 0.29) is 72.3 Å². The van der Waals surface area contributed by atoms with Crippen molar-refractivity contribution in [1.82, 2.24) is 15.0 Å². The third-order valence-corrected chi connectivity index (χ3v) is 8.03. The molecule has 4 heterocycles. The molecule has 0 N–H and O–H groups in total. The highest BCUT2D eigenvalue weighted by Crippen LogP contribution is 2.31. The van der Waals surface area contributed by atoms with E-state index in [9.17, 15) is 29.0 Å². The van der Waals surface area contributed by atoms with E-state index in [0.717, 1.165) is 6.07 Å². The van der Waals surface area contributed by atoms with E-state index in [1.165, 1.54) is 31.2 Å². The van der Waals surface area contributed by atoms with Crippen LogP contribution >= 0.6 is 0 Å². The second-order valence-electron chi connectivity index (χ2n) is 11.4. The van der Waals surface area contributed by atoms with Gasteiger partial charge in [0.15, 0.2) is 46.3 Å². The van der Waals surface area contributed by atoms with E-state index in [1.54, 1.807) is 13.0 Å². The number of aryl methyl sites for hydroxylation is 2. The first-order chi connectivity index (χ1) is 25.9. The maximum atomic E-state index is 13.7. The van der Waals surface area contributed by atoms with Crippen LogP contribution < -0.4 is 32.1 Å². The Bertz CT molecular complexity index is 3190. The van der Waals surface area contributed by atoms with Crippen molar-refractivity contribution < 1.29 is 13.2 Å². The maximum absolute atomic E-state index is 13.7. The molecule has 3 aliphatic heterocycles. The van der Waals surface area contributed by atoms with E-state index in [1.807, 2.05) is 12.1 Å². The summed E-state index contributed by atoms with van der Waals surface area (Å²) in [6.45, 7) is 25.7. The Morgan fingerprint density at radius 3 is 1.46 bits per heavy atom. The van der Waals surface area contributed by atoms with E-state index < -0.39 is 34.9 Å². The minimum Gasteiger partial charge on any atom is -0.250 e. The summed E-state index contributed by atoms with van der Waals surface area (Å²) in [6.07, 6.45) is -4.68. The molecule has 252 valence electrons. The van der Waals surface area contributed by atoms with Crippen molar-refractivity contribution in [2.24, 2.45) is 30.0 Å². The number of hydrogen-bond donors (Lipinski definition) is 0. The second-order valence-corrected chi connectivity index (χ2v) is 11.4. The Kier molecular flexibility index (Phi) is 7.93. The second kappa shape index (κ2) is 12.6. The molecule has 7 rings (SSSR count). The Morgan fingerprint density at radius 2 is 1.02 bits per heavy atom. The smallest absolute Gasteiger partial charge is 0.250 e. The van der Waals surface area contributed by atoms with E-state index in [0.29, 0.717) is 16.5 Å². The average molecular weight is 712 g/mol. The van der Waals surface area contributed by atoms with E-state index >= 15 is 0 Å². The Morgan fingerprint density at radius 1 is 0.593 bits per heavy atom. The highest BCUT2D eigenvalue weighted by Gasteiger charge is 2.33. The van der Waals surface area contributed by atoms with Crippen LogP contribution in [0.2, 0.25) is 0 Å². The summed E-state index contributed by atoms with van der Waals surface area (Å²) >= 11 is 0. The Balaban J connectivity index is 1.50. The molecule has 0 bridgehead atoms. The number of rotatable bonds is 3. The van der Waals surface area contributed by atoms with Crippen LogP contribution in [0.15, 0.2) is 83.8 Å². The molecule has 0 amide bonds. The molecule has 3 aromatic carbocycles. The van der Waals surface area contributed by atoms with Gasteiger partial charge in [-0.1, -0.05) is 0 Å². The fourth-order valence-electron chi connectivity index (χ4n) is 5.45. The standard InChI is InChI=1S/C36H12F3N15/c1-15-6-23-25(8-17(15)12-40)47-30(46-23)18(13-41)32-52-33(19(14-42)31-48-27-10-21(43-3)22(44-4)11-28(27)49-31)54-35(53-32)29(45-5)34-50-24-7-16(2)20(36(37,38)39)9-26(24)51-34/h6-11H,1-2H3/b30-18-,34-29+.